The van der Waals surface area contributed by atoms with Gasteiger partial charge in [-0.15, -0.1) is 11.3 Å². The van der Waals surface area contributed by atoms with Crippen LogP contribution in [0.2, 0.25) is 0 Å². The maximum atomic E-state index is 13.6. The third-order valence-electron chi connectivity index (χ3n) is 5.05. The van der Waals surface area contributed by atoms with Crippen LogP contribution in [0.4, 0.5) is 4.39 Å². The molecule has 5 heteroatoms. The van der Waals surface area contributed by atoms with Crippen LogP contribution >= 0.6 is 11.3 Å². The van der Waals surface area contributed by atoms with Crippen LogP contribution in [0.3, 0.4) is 0 Å². The van der Waals surface area contributed by atoms with Crippen molar-refractivity contribution < 1.29 is 4.39 Å². The van der Waals surface area contributed by atoms with E-state index in [2.05, 4.69) is 33.5 Å². The average molecular weight is 355 g/mol. The largest absolute Gasteiger partial charge is 0.298 e. The molecule has 130 valence electrons. The summed E-state index contributed by atoms with van der Waals surface area (Å²) < 4.78 is 13.6. The number of halogens is 1. The lowest BCUT2D eigenvalue weighted by Crippen LogP contribution is -2.34. The molecule has 25 heavy (non-hydrogen) atoms. The Kier molecular flexibility index (Phi) is 4.68. The van der Waals surface area contributed by atoms with Gasteiger partial charge in [0.25, 0.3) is 0 Å². The second-order valence-corrected chi connectivity index (χ2v) is 7.81. The van der Waals surface area contributed by atoms with Gasteiger partial charge in [-0.2, -0.15) is 5.10 Å². The van der Waals surface area contributed by atoms with Gasteiger partial charge in [0.05, 0.1) is 6.20 Å². The number of nitrogens with one attached hydrogen (secondary N) is 1. The molecule has 3 nitrogen and oxygen atoms in total. The smallest absolute Gasteiger partial charge is 0.123 e. The Balaban J connectivity index is 1.54. The number of benzene rings is 1. The molecule has 1 aliphatic rings. The minimum atomic E-state index is -0.205. The summed E-state index contributed by atoms with van der Waals surface area (Å²) in [5, 5.41) is 9.61. The molecule has 0 spiro atoms. The van der Waals surface area contributed by atoms with Crippen LogP contribution in [0.1, 0.15) is 34.9 Å². The molecule has 1 aromatic carbocycles. The molecule has 1 unspecified atom stereocenters. The van der Waals surface area contributed by atoms with Crippen LogP contribution in [0.15, 0.2) is 41.9 Å². The zero-order valence-corrected chi connectivity index (χ0v) is 15.2. The van der Waals surface area contributed by atoms with Crippen molar-refractivity contribution in [1.29, 1.82) is 0 Å². The van der Waals surface area contributed by atoms with Crippen molar-refractivity contribution >= 4 is 11.3 Å². The quantitative estimate of drug-likeness (QED) is 0.717. The number of H-pyrrole nitrogens is 1. The number of likely N-dealkylation sites (tertiary alicyclic amines) is 1. The van der Waals surface area contributed by atoms with Crippen molar-refractivity contribution in [2.45, 2.75) is 32.2 Å². The van der Waals surface area contributed by atoms with Crippen molar-refractivity contribution in [2.24, 2.45) is 0 Å². The second-order valence-electron chi connectivity index (χ2n) is 6.81. The summed E-state index contributed by atoms with van der Waals surface area (Å²) in [5.41, 5.74) is 4.45. The van der Waals surface area contributed by atoms with Gasteiger partial charge in [-0.05, 0) is 61.0 Å². The number of aromatic nitrogens is 2. The van der Waals surface area contributed by atoms with E-state index < -0.39 is 0 Å². The molecule has 0 bridgehead atoms. The van der Waals surface area contributed by atoms with Crippen LogP contribution in [-0.2, 0) is 6.54 Å². The fourth-order valence-corrected chi connectivity index (χ4v) is 4.64. The molecule has 3 aromatic rings. The molecular formula is C20H22FN3S. The molecule has 4 rings (SSSR count). The summed E-state index contributed by atoms with van der Waals surface area (Å²) in [6, 6.07) is 8.97. The molecule has 1 atom stereocenters. The fraction of sp³-hybridized carbons (Fsp3) is 0.350. The van der Waals surface area contributed by atoms with Crippen molar-refractivity contribution in [3.63, 3.8) is 0 Å². The fourth-order valence-electron chi connectivity index (χ4n) is 3.70. The van der Waals surface area contributed by atoms with Crippen molar-refractivity contribution in [3.05, 3.63) is 63.9 Å². The molecule has 1 N–H and O–H groups in total. The predicted molar refractivity (Wildman–Crippen MR) is 100 cm³/mol. The number of hydrogen-bond donors (Lipinski definition) is 1. The van der Waals surface area contributed by atoms with Gasteiger partial charge in [0, 0.05) is 35.1 Å². The van der Waals surface area contributed by atoms with Gasteiger partial charge in [-0.3, -0.25) is 10.00 Å². The first kappa shape index (κ1) is 16.5. The van der Waals surface area contributed by atoms with Crippen molar-refractivity contribution in [1.82, 2.24) is 15.1 Å². The van der Waals surface area contributed by atoms with Gasteiger partial charge in [-0.25, -0.2) is 4.39 Å². The van der Waals surface area contributed by atoms with Crippen LogP contribution in [0.25, 0.3) is 11.1 Å². The maximum absolute atomic E-state index is 13.6. The molecule has 0 aliphatic carbocycles. The van der Waals surface area contributed by atoms with E-state index in [0.717, 1.165) is 42.9 Å². The SMILES string of the molecule is Cc1ccsc1CN1CCCC(c2[nH]ncc2-c2cccc(F)c2)C1. The predicted octanol–water partition coefficient (Wildman–Crippen LogP) is 4.97. The highest BCUT2D eigenvalue weighted by atomic mass is 32.1. The molecule has 0 radical (unpaired) electrons. The monoisotopic (exact) mass is 355 g/mol. The standard InChI is InChI=1S/C20H22FN3S/c1-14-7-9-25-19(14)13-24-8-3-5-16(12-24)20-18(11-22-23-20)15-4-2-6-17(21)10-15/h2,4,6-7,9-11,16H,3,5,8,12-13H2,1H3,(H,22,23). The van der Waals surface area contributed by atoms with Gasteiger partial charge >= 0.3 is 0 Å². The first-order valence-electron chi connectivity index (χ1n) is 8.75. The number of aryl methyl sites for hydroxylation is 1. The van der Waals surface area contributed by atoms with Gasteiger partial charge < -0.3 is 0 Å². The summed E-state index contributed by atoms with van der Waals surface area (Å²) in [6.45, 7) is 5.35. The summed E-state index contributed by atoms with van der Waals surface area (Å²) in [7, 11) is 0. The number of piperidine rings is 1. The zero-order chi connectivity index (χ0) is 17.2. The lowest BCUT2D eigenvalue weighted by atomic mass is 9.90. The summed E-state index contributed by atoms with van der Waals surface area (Å²) in [6.07, 6.45) is 4.15. The minimum absolute atomic E-state index is 0.205. The molecule has 1 aliphatic heterocycles. The van der Waals surface area contributed by atoms with Crippen molar-refractivity contribution in [3.8, 4) is 11.1 Å². The Morgan fingerprint density at radius 1 is 1.36 bits per heavy atom. The van der Waals surface area contributed by atoms with Gasteiger partial charge in [-0.1, -0.05) is 12.1 Å². The molecule has 1 saturated heterocycles. The second kappa shape index (κ2) is 7.10. The lowest BCUT2D eigenvalue weighted by Gasteiger charge is -2.32. The third kappa shape index (κ3) is 3.53. The van der Waals surface area contributed by atoms with Gasteiger partial charge in [0.1, 0.15) is 5.82 Å². The number of thiophene rings is 1. The van der Waals surface area contributed by atoms with E-state index in [4.69, 9.17) is 0 Å². The van der Waals surface area contributed by atoms with Crippen LogP contribution < -0.4 is 0 Å². The average Bonchev–Trinajstić information content (AvgIpc) is 3.25. The molecule has 0 saturated carbocycles. The Morgan fingerprint density at radius 3 is 3.08 bits per heavy atom. The van der Waals surface area contributed by atoms with Crippen molar-refractivity contribution in [2.75, 3.05) is 13.1 Å². The lowest BCUT2D eigenvalue weighted by molar-refractivity contribution is 0.200. The van der Waals surface area contributed by atoms with E-state index in [1.165, 1.54) is 22.9 Å². The van der Waals surface area contributed by atoms with E-state index in [-0.39, 0.29) is 5.82 Å². The highest BCUT2D eigenvalue weighted by molar-refractivity contribution is 7.10. The Labute approximate surface area is 151 Å². The Morgan fingerprint density at radius 2 is 2.28 bits per heavy atom. The molecular weight excluding hydrogens is 333 g/mol. The first-order chi connectivity index (χ1) is 12.2. The Bertz CT molecular complexity index is 854. The Hall–Kier alpha value is -1.98. The molecule has 2 aromatic heterocycles. The van der Waals surface area contributed by atoms with Gasteiger partial charge in [0.2, 0.25) is 0 Å². The summed E-state index contributed by atoms with van der Waals surface area (Å²) in [5.74, 6) is 0.206. The van der Waals surface area contributed by atoms with Crippen LogP contribution in [0.5, 0.6) is 0 Å². The van der Waals surface area contributed by atoms with E-state index in [0.29, 0.717) is 5.92 Å². The van der Waals surface area contributed by atoms with E-state index in [1.54, 1.807) is 12.1 Å². The maximum Gasteiger partial charge on any atom is 0.123 e. The van der Waals surface area contributed by atoms with Crippen LogP contribution in [0, 0.1) is 12.7 Å². The highest BCUT2D eigenvalue weighted by Gasteiger charge is 2.25. The number of rotatable bonds is 4. The topological polar surface area (TPSA) is 31.9 Å². The molecule has 0 amide bonds. The van der Waals surface area contributed by atoms with E-state index in [9.17, 15) is 4.39 Å². The molecule has 1 fully saturated rings. The zero-order valence-electron chi connectivity index (χ0n) is 14.3. The number of nitrogens with zero attached hydrogens (tertiary/aromatic N) is 2. The third-order valence-corrected chi connectivity index (χ3v) is 6.06. The summed E-state index contributed by atoms with van der Waals surface area (Å²) in [4.78, 5) is 3.99. The number of hydrogen-bond acceptors (Lipinski definition) is 3. The van der Waals surface area contributed by atoms with E-state index >= 15 is 0 Å². The van der Waals surface area contributed by atoms with Gasteiger partial charge in [0.15, 0.2) is 0 Å². The minimum Gasteiger partial charge on any atom is -0.298 e. The van der Waals surface area contributed by atoms with Crippen LogP contribution in [-0.4, -0.2) is 28.2 Å². The van der Waals surface area contributed by atoms with E-state index in [1.807, 2.05) is 23.6 Å². The summed E-state index contributed by atoms with van der Waals surface area (Å²) >= 11 is 1.84. The molecule has 3 heterocycles. The highest BCUT2D eigenvalue weighted by Crippen LogP contribution is 2.34. The first-order valence-corrected chi connectivity index (χ1v) is 9.63. The number of aromatic amines is 1. The normalized spacial score (nSPS) is 18.6.